The predicted octanol–water partition coefficient (Wildman–Crippen LogP) is -0.458. The fraction of sp³-hybridized carbons (Fsp3) is 0.857. The molecule has 1 atom stereocenters. The zero-order valence-electron chi connectivity index (χ0n) is 7.77. The van der Waals surface area contributed by atoms with Gasteiger partial charge in [0.2, 0.25) is 0 Å². The zero-order valence-corrected chi connectivity index (χ0v) is 8.59. The zero-order chi connectivity index (χ0) is 8.93. The van der Waals surface area contributed by atoms with Crippen LogP contribution in [0.4, 0.5) is 0 Å². The van der Waals surface area contributed by atoms with Gasteiger partial charge in [-0.1, -0.05) is 5.21 Å². The van der Waals surface area contributed by atoms with Crippen molar-refractivity contribution in [2.45, 2.75) is 18.9 Å². The second kappa shape index (κ2) is 5.90. The molecule has 2 heterocycles. The molecule has 1 unspecified atom stereocenters. The van der Waals surface area contributed by atoms with Gasteiger partial charge in [-0.05, 0) is 6.42 Å². The number of aryl methyl sites for hydroxylation is 1. The minimum absolute atomic E-state index is 0. The lowest BCUT2D eigenvalue weighted by molar-refractivity contribution is 0.0235. The summed E-state index contributed by atoms with van der Waals surface area (Å²) in [5.74, 6) is 0.758. The van der Waals surface area contributed by atoms with E-state index < -0.39 is 0 Å². The predicted molar refractivity (Wildman–Crippen MR) is 52.4 cm³/mol. The number of morpholine rings is 1. The fourth-order valence-corrected chi connectivity index (χ4v) is 1.38. The molecule has 14 heavy (non-hydrogen) atoms. The molecule has 0 saturated carbocycles. The van der Waals surface area contributed by atoms with Crippen LogP contribution in [0.5, 0.6) is 0 Å². The number of halogens is 1. The van der Waals surface area contributed by atoms with Gasteiger partial charge in [0, 0.05) is 19.5 Å². The highest BCUT2D eigenvalue weighted by Crippen LogP contribution is 2.04. The molecule has 1 saturated heterocycles. The second-order valence-electron chi connectivity index (χ2n) is 3.06. The molecule has 6 nitrogen and oxygen atoms in total. The normalized spacial score (nSPS) is 21.6. The van der Waals surface area contributed by atoms with Crippen molar-refractivity contribution in [1.29, 1.82) is 0 Å². The molecule has 0 amide bonds. The number of tetrazole rings is 1. The van der Waals surface area contributed by atoms with Crippen LogP contribution in [0, 0.1) is 0 Å². The van der Waals surface area contributed by atoms with E-state index in [1.807, 2.05) is 0 Å². The molecule has 2 rings (SSSR count). The van der Waals surface area contributed by atoms with E-state index in [1.54, 1.807) is 0 Å². The number of nitrogens with one attached hydrogen (secondary N) is 2. The topological polar surface area (TPSA) is 75.7 Å². The first-order valence-electron chi connectivity index (χ1n) is 4.50. The molecule has 0 radical (unpaired) electrons. The summed E-state index contributed by atoms with van der Waals surface area (Å²) in [5.41, 5.74) is 0. The average Bonchev–Trinajstić information content (AvgIpc) is 2.69. The molecule has 2 N–H and O–H groups in total. The summed E-state index contributed by atoms with van der Waals surface area (Å²) >= 11 is 0. The molecule has 0 aromatic carbocycles. The molecule has 1 aromatic rings. The van der Waals surface area contributed by atoms with Crippen LogP contribution in [0.25, 0.3) is 0 Å². The Labute approximate surface area is 88.2 Å². The van der Waals surface area contributed by atoms with Crippen LogP contribution in [0.2, 0.25) is 0 Å². The molecule has 1 fully saturated rings. The van der Waals surface area contributed by atoms with Gasteiger partial charge in [-0.15, -0.1) is 22.6 Å². The summed E-state index contributed by atoms with van der Waals surface area (Å²) in [4.78, 5) is 0. The Kier molecular flexibility index (Phi) is 4.78. The van der Waals surface area contributed by atoms with Gasteiger partial charge in [0.25, 0.3) is 0 Å². The Bertz CT molecular complexity index is 236. The number of aromatic amines is 1. The van der Waals surface area contributed by atoms with Gasteiger partial charge in [0.05, 0.1) is 12.7 Å². The van der Waals surface area contributed by atoms with E-state index in [-0.39, 0.29) is 12.4 Å². The van der Waals surface area contributed by atoms with Gasteiger partial charge in [-0.25, -0.2) is 0 Å². The lowest BCUT2D eigenvalue weighted by atomic mass is 10.2. The minimum Gasteiger partial charge on any atom is -0.376 e. The summed E-state index contributed by atoms with van der Waals surface area (Å²) in [6.45, 7) is 2.69. The second-order valence-corrected chi connectivity index (χ2v) is 3.06. The van der Waals surface area contributed by atoms with Crippen molar-refractivity contribution in [3.63, 3.8) is 0 Å². The van der Waals surface area contributed by atoms with Crippen molar-refractivity contribution in [3.05, 3.63) is 5.82 Å². The van der Waals surface area contributed by atoms with E-state index >= 15 is 0 Å². The summed E-state index contributed by atoms with van der Waals surface area (Å²) in [6.07, 6.45) is 2.07. The van der Waals surface area contributed by atoms with Crippen molar-refractivity contribution in [2.75, 3.05) is 19.7 Å². The summed E-state index contributed by atoms with van der Waals surface area (Å²) in [5, 5.41) is 17.0. The van der Waals surface area contributed by atoms with Gasteiger partial charge in [0.15, 0.2) is 5.82 Å². The van der Waals surface area contributed by atoms with E-state index in [0.717, 1.165) is 38.4 Å². The van der Waals surface area contributed by atoms with E-state index in [9.17, 15) is 0 Å². The van der Waals surface area contributed by atoms with Crippen molar-refractivity contribution >= 4 is 12.4 Å². The van der Waals surface area contributed by atoms with E-state index in [0.29, 0.717) is 6.10 Å². The summed E-state index contributed by atoms with van der Waals surface area (Å²) in [7, 11) is 0. The van der Waals surface area contributed by atoms with Crippen LogP contribution in [-0.2, 0) is 11.2 Å². The molecule has 0 spiro atoms. The monoisotopic (exact) mass is 219 g/mol. The lowest BCUT2D eigenvalue weighted by Gasteiger charge is -2.22. The van der Waals surface area contributed by atoms with Gasteiger partial charge >= 0.3 is 0 Å². The van der Waals surface area contributed by atoms with Gasteiger partial charge in [-0.3, -0.25) is 0 Å². The maximum Gasteiger partial charge on any atom is 0.174 e. The Morgan fingerprint density at radius 1 is 1.50 bits per heavy atom. The largest absolute Gasteiger partial charge is 0.376 e. The third kappa shape index (κ3) is 3.21. The smallest absolute Gasteiger partial charge is 0.174 e. The molecule has 1 aromatic heterocycles. The van der Waals surface area contributed by atoms with Gasteiger partial charge in [-0.2, -0.15) is 5.21 Å². The standard InChI is InChI=1S/C7H13N5O.ClH/c1(2-7-9-11-12-10-7)6-5-8-3-4-13-6;/h6,8H,1-5H2,(H,9,10,11,12);1H. The molecule has 7 heteroatoms. The first-order chi connectivity index (χ1) is 6.45. The number of hydrogen-bond donors (Lipinski definition) is 2. The van der Waals surface area contributed by atoms with E-state index in [2.05, 4.69) is 25.9 Å². The van der Waals surface area contributed by atoms with Crippen LogP contribution in [-0.4, -0.2) is 46.4 Å². The number of ether oxygens (including phenoxy) is 1. The molecular weight excluding hydrogens is 206 g/mol. The number of rotatable bonds is 3. The highest BCUT2D eigenvalue weighted by atomic mass is 35.5. The summed E-state index contributed by atoms with van der Waals surface area (Å²) in [6, 6.07) is 0. The quantitative estimate of drug-likeness (QED) is 0.720. The van der Waals surface area contributed by atoms with Crippen molar-refractivity contribution in [2.24, 2.45) is 0 Å². The van der Waals surface area contributed by atoms with Crippen LogP contribution in [0.1, 0.15) is 12.2 Å². The van der Waals surface area contributed by atoms with Crippen molar-refractivity contribution < 1.29 is 4.74 Å². The fourth-order valence-electron chi connectivity index (χ4n) is 1.38. The molecule has 0 aliphatic carbocycles. The first-order valence-corrected chi connectivity index (χ1v) is 4.50. The van der Waals surface area contributed by atoms with Crippen molar-refractivity contribution in [1.82, 2.24) is 25.9 Å². The first kappa shape index (κ1) is 11.4. The van der Waals surface area contributed by atoms with Crippen LogP contribution in [0.3, 0.4) is 0 Å². The molecule has 80 valence electrons. The van der Waals surface area contributed by atoms with Crippen LogP contribution >= 0.6 is 12.4 Å². The highest BCUT2D eigenvalue weighted by Gasteiger charge is 2.13. The van der Waals surface area contributed by atoms with Crippen LogP contribution < -0.4 is 5.32 Å². The number of aromatic nitrogens is 4. The Morgan fingerprint density at radius 3 is 3.07 bits per heavy atom. The van der Waals surface area contributed by atoms with E-state index in [1.165, 1.54) is 0 Å². The molecule has 1 aliphatic rings. The molecular formula is C7H14ClN5O. The third-order valence-electron chi connectivity index (χ3n) is 2.08. The lowest BCUT2D eigenvalue weighted by Crippen LogP contribution is -2.38. The SMILES string of the molecule is C1COC(CCc2nn[nH]n2)CN1.Cl. The van der Waals surface area contributed by atoms with E-state index in [4.69, 9.17) is 4.74 Å². The van der Waals surface area contributed by atoms with Gasteiger partial charge < -0.3 is 10.1 Å². The minimum atomic E-state index is 0. The Balaban J connectivity index is 0.000000980. The third-order valence-corrected chi connectivity index (χ3v) is 2.08. The number of hydrogen-bond acceptors (Lipinski definition) is 5. The molecule has 0 bridgehead atoms. The van der Waals surface area contributed by atoms with Crippen LogP contribution in [0.15, 0.2) is 0 Å². The number of H-pyrrole nitrogens is 1. The maximum absolute atomic E-state index is 5.53. The number of nitrogens with zero attached hydrogens (tertiary/aromatic N) is 3. The van der Waals surface area contributed by atoms with Gasteiger partial charge in [0.1, 0.15) is 0 Å². The Hall–Kier alpha value is -0.720. The molecule has 1 aliphatic heterocycles. The Morgan fingerprint density at radius 2 is 2.43 bits per heavy atom. The summed E-state index contributed by atoms with van der Waals surface area (Å²) < 4.78 is 5.53. The van der Waals surface area contributed by atoms with Crippen molar-refractivity contribution in [3.8, 4) is 0 Å². The average molecular weight is 220 g/mol. The highest BCUT2D eigenvalue weighted by molar-refractivity contribution is 5.85. The maximum atomic E-state index is 5.53.